The topological polar surface area (TPSA) is 83.5 Å². The molecule has 1 aromatic heterocycles. The van der Waals surface area contributed by atoms with Gasteiger partial charge in [-0.05, 0) is 23.8 Å². The monoisotopic (exact) mass is 303 g/mol. The zero-order chi connectivity index (χ0) is 13.9. The Balaban J connectivity index is 1.97. The fraction of sp³-hybridized carbons (Fsp3) is 0.583. The molecule has 1 saturated carbocycles. The maximum absolute atomic E-state index is 12.0. The van der Waals surface area contributed by atoms with E-state index in [0.29, 0.717) is 12.5 Å². The van der Waals surface area contributed by atoms with Crippen LogP contribution in [0, 0.1) is 5.92 Å². The smallest absolute Gasteiger partial charge is 0.347 e. The van der Waals surface area contributed by atoms with E-state index in [1.165, 1.54) is 37.1 Å². The van der Waals surface area contributed by atoms with Crippen molar-refractivity contribution >= 4 is 27.3 Å². The number of nitrogens with one attached hydrogen (secondary N) is 1. The van der Waals surface area contributed by atoms with Gasteiger partial charge in [0.2, 0.25) is 10.0 Å². The lowest BCUT2D eigenvalue weighted by molar-refractivity contribution is 0.0698. The maximum atomic E-state index is 12.0. The summed E-state index contributed by atoms with van der Waals surface area (Å²) in [5, 5.41) is 10.4. The van der Waals surface area contributed by atoms with Crippen LogP contribution in [-0.4, -0.2) is 26.0 Å². The minimum Gasteiger partial charge on any atom is -0.477 e. The first-order valence-electron chi connectivity index (χ1n) is 6.31. The second kappa shape index (κ2) is 6.02. The van der Waals surface area contributed by atoms with Crippen molar-refractivity contribution in [2.24, 2.45) is 5.92 Å². The number of rotatable bonds is 6. The molecule has 0 aromatic carbocycles. The summed E-state index contributed by atoms with van der Waals surface area (Å²) in [6.07, 6.45) is 5.61. The predicted molar refractivity (Wildman–Crippen MR) is 73.0 cm³/mol. The van der Waals surface area contributed by atoms with E-state index in [1.807, 2.05) is 0 Å². The van der Waals surface area contributed by atoms with Gasteiger partial charge in [0.15, 0.2) is 0 Å². The van der Waals surface area contributed by atoms with Crippen LogP contribution in [0.5, 0.6) is 0 Å². The van der Waals surface area contributed by atoms with Crippen LogP contribution in [0.2, 0.25) is 0 Å². The standard InChI is InChI=1S/C12H17NO4S2/c14-12(15)11-10(6-8-18-11)19(16,17)13-7-5-9-3-1-2-4-9/h6,8-9,13H,1-5,7H2,(H,14,15). The molecule has 1 aliphatic rings. The average Bonchev–Trinajstić information content (AvgIpc) is 2.99. The van der Waals surface area contributed by atoms with Crippen LogP contribution in [0.3, 0.4) is 0 Å². The van der Waals surface area contributed by atoms with E-state index in [2.05, 4.69) is 4.72 Å². The Hall–Kier alpha value is -0.920. The third-order valence-electron chi connectivity index (χ3n) is 3.43. The molecule has 0 unspecified atom stereocenters. The lowest BCUT2D eigenvalue weighted by Gasteiger charge is -2.10. The number of thiophene rings is 1. The highest BCUT2D eigenvalue weighted by atomic mass is 32.2. The summed E-state index contributed by atoms with van der Waals surface area (Å²) in [4.78, 5) is 10.7. The lowest BCUT2D eigenvalue weighted by atomic mass is 10.1. The summed E-state index contributed by atoms with van der Waals surface area (Å²) < 4.78 is 26.5. The van der Waals surface area contributed by atoms with E-state index in [0.717, 1.165) is 17.8 Å². The Kier molecular flexibility index (Phi) is 4.59. The van der Waals surface area contributed by atoms with E-state index in [9.17, 15) is 13.2 Å². The van der Waals surface area contributed by atoms with Crippen LogP contribution in [0.1, 0.15) is 41.8 Å². The first kappa shape index (κ1) is 14.5. The van der Waals surface area contributed by atoms with E-state index in [4.69, 9.17) is 5.11 Å². The lowest BCUT2D eigenvalue weighted by Crippen LogP contribution is -2.26. The van der Waals surface area contributed by atoms with Gasteiger partial charge in [-0.25, -0.2) is 17.9 Å². The summed E-state index contributed by atoms with van der Waals surface area (Å²) >= 11 is 0.925. The number of carboxylic acid groups (broad SMARTS) is 1. The second-order valence-electron chi connectivity index (χ2n) is 4.76. The van der Waals surface area contributed by atoms with Crippen molar-refractivity contribution in [3.8, 4) is 0 Å². The molecule has 0 bridgehead atoms. The Morgan fingerprint density at radius 1 is 1.42 bits per heavy atom. The van der Waals surface area contributed by atoms with Gasteiger partial charge in [0.25, 0.3) is 0 Å². The average molecular weight is 303 g/mol. The van der Waals surface area contributed by atoms with Gasteiger partial charge in [-0.15, -0.1) is 11.3 Å². The van der Waals surface area contributed by atoms with Crippen molar-refractivity contribution in [1.29, 1.82) is 0 Å². The Morgan fingerprint density at radius 2 is 2.11 bits per heavy atom. The molecule has 1 fully saturated rings. The second-order valence-corrected chi connectivity index (χ2v) is 7.41. The van der Waals surface area contributed by atoms with E-state index < -0.39 is 16.0 Å². The SMILES string of the molecule is O=C(O)c1sccc1S(=O)(=O)NCCC1CCCC1. The quantitative estimate of drug-likeness (QED) is 0.844. The van der Waals surface area contributed by atoms with Crippen LogP contribution in [0.4, 0.5) is 0 Å². The molecule has 2 N–H and O–H groups in total. The van der Waals surface area contributed by atoms with Crippen molar-refractivity contribution in [1.82, 2.24) is 4.72 Å². The fourth-order valence-corrected chi connectivity index (χ4v) is 4.74. The summed E-state index contributed by atoms with van der Waals surface area (Å²) in [6.45, 7) is 0.377. The first-order chi connectivity index (χ1) is 9.00. The number of hydrogen-bond acceptors (Lipinski definition) is 4. The van der Waals surface area contributed by atoms with Gasteiger partial charge in [-0.3, -0.25) is 0 Å². The number of carbonyl (C=O) groups is 1. The van der Waals surface area contributed by atoms with Gasteiger partial charge >= 0.3 is 5.97 Å². The fourth-order valence-electron chi connectivity index (χ4n) is 2.44. The molecule has 0 radical (unpaired) electrons. The highest BCUT2D eigenvalue weighted by molar-refractivity contribution is 7.89. The molecule has 1 aromatic rings. The molecular formula is C12H17NO4S2. The molecule has 1 heterocycles. The first-order valence-corrected chi connectivity index (χ1v) is 8.67. The largest absolute Gasteiger partial charge is 0.477 e. The predicted octanol–water partition coefficient (Wildman–Crippen LogP) is 2.30. The van der Waals surface area contributed by atoms with Crippen molar-refractivity contribution in [2.75, 3.05) is 6.54 Å². The summed E-state index contributed by atoms with van der Waals surface area (Å²) in [5.74, 6) is -0.602. The summed E-state index contributed by atoms with van der Waals surface area (Å²) in [7, 11) is -3.70. The van der Waals surface area contributed by atoms with E-state index in [-0.39, 0.29) is 9.77 Å². The number of sulfonamides is 1. The molecular weight excluding hydrogens is 286 g/mol. The molecule has 0 aliphatic heterocycles. The molecule has 19 heavy (non-hydrogen) atoms. The van der Waals surface area contributed by atoms with Crippen molar-refractivity contribution < 1.29 is 18.3 Å². The molecule has 2 rings (SSSR count). The molecule has 0 amide bonds. The number of carboxylic acids is 1. The number of hydrogen-bond donors (Lipinski definition) is 2. The van der Waals surface area contributed by atoms with Gasteiger partial charge in [-0.1, -0.05) is 25.7 Å². The van der Waals surface area contributed by atoms with Gasteiger partial charge in [0.05, 0.1) is 0 Å². The highest BCUT2D eigenvalue weighted by Crippen LogP contribution is 2.27. The normalized spacial score (nSPS) is 16.8. The molecule has 1 aliphatic carbocycles. The van der Waals surface area contributed by atoms with Crippen LogP contribution >= 0.6 is 11.3 Å². The van der Waals surface area contributed by atoms with Crippen LogP contribution in [0.25, 0.3) is 0 Å². The van der Waals surface area contributed by atoms with Crippen molar-refractivity contribution in [3.05, 3.63) is 16.3 Å². The molecule has 0 saturated heterocycles. The molecule has 0 spiro atoms. The van der Waals surface area contributed by atoms with Gasteiger partial charge in [-0.2, -0.15) is 0 Å². The Bertz CT molecular complexity index is 544. The molecule has 0 atom stereocenters. The third kappa shape index (κ3) is 3.55. The van der Waals surface area contributed by atoms with Crippen LogP contribution in [0.15, 0.2) is 16.3 Å². The van der Waals surface area contributed by atoms with Crippen LogP contribution < -0.4 is 4.72 Å². The van der Waals surface area contributed by atoms with Crippen LogP contribution in [-0.2, 0) is 10.0 Å². The van der Waals surface area contributed by atoms with Gasteiger partial charge in [0.1, 0.15) is 9.77 Å². The zero-order valence-electron chi connectivity index (χ0n) is 10.5. The van der Waals surface area contributed by atoms with E-state index in [1.54, 1.807) is 0 Å². The minimum atomic E-state index is -3.70. The van der Waals surface area contributed by atoms with Crippen molar-refractivity contribution in [2.45, 2.75) is 37.0 Å². The van der Waals surface area contributed by atoms with Gasteiger partial charge < -0.3 is 5.11 Å². The van der Waals surface area contributed by atoms with E-state index >= 15 is 0 Å². The maximum Gasteiger partial charge on any atom is 0.347 e. The molecule has 7 heteroatoms. The molecule has 5 nitrogen and oxygen atoms in total. The summed E-state index contributed by atoms with van der Waals surface area (Å²) in [5.41, 5.74) is 0. The zero-order valence-corrected chi connectivity index (χ0v) is 12.1. The third-order valence-corrected chi connectivity index (χ3v) is 5.97. The van der Waals surface area contributed by atoms with Crippen molar-refractivity contribution in [3.63, 3.8) is 0 Å². The highest BCUT2D eigenvalue weighted by Gasteiger charge is 2.24. The number of aromatic carboxylic acids is 1. The summed E-state index contributed by atoms with van der Waals surface area (Å²) in [6, 6.07) is 1.34. The Labute approximate surface area is 116 Å². The Morgan fingerprint density at radius 3 is 2.74 bits per heavy atom. The molecule has 106 valence electrons. The van der Waals surface area contributed by atoms with Gasteiger partial charge in [0, 0.05) is 6.54 Å². The minimum absolute atomic E-state index is 0.128.